The van der Waals surface area contributed by atoms with Crippen molar-refractivity contribution in [1.29, 1.82) is 0 Å². The van der Waals surface area contributed by atoms with Crippen molar-refractivity contribution < 1.29 is 9.13 Å². The third-order valence-electron chi connectivity index (χ3n) is 4.18. The molecule has 4 nitrogen and oxygen atoms in total. The molecule has 1 aliphatic carbocycles. The van der Waals surface area contributed by atoms with Crippen LogP contribution < -0.4 is 10.1 Å². The van der Waals surface area contributed by atoms with Crippen LogP contribution in [-0.4, -0.2) is 22.4 Å². The molecule has 0 bridgehead atoms. The lowest BCUT2D eigenvalue weighted by Gasteiger charge is -2.27. The van der Waals surface area contributed by atoms with Crippen LogP contribution in [0, 0.1) is 5.82 Å². The zero-order valence-corrected chi connectivity index (χ0v) is 13.1. The van der Waals surface area contributed by atoms with Crippen LogP contribution >= 0.6 is 0 Å². The zero-order chi connectivity index (χ0) is 15.5. The Labute approximate surface area is 130 Å². The molecule has 0 aliphatic heterocycles. The average Bonchev–Trinajstić information content (AvgIpc) is 2.90. The average molecular weight is 303 g/mol. The highest BCUT2D eigenvalue weighted by Crippen LogP contribution is 2.29. The number of ether oxygens (including phenoxy) is 1. The number of hydrogen-bond acceptors (Lipinski definition) is 3. The van der Waals surface area contributed by atoms with Crippen LogP contribution in [0.25, 0.3) is 0 Å². The number of benzene rings is 1. The molecule has 0 fully saturated rings. The van der Waals surface area contributed by atoms with Crippen molar-refractivity contribution in [1.82, 2.24) is 15.1 Å². The number of hydrogen-bond donors (Lipinski definition) is 1. The van der Waals surface area contributed by atoms with E-state index in [0.717, 1.165) is 12.8 Å². The Balaban J connectivity index is 1.56. The second-order valence-corrected chi connectivity index (χ2v) is 5.95. The van der Waals surface area contributed by atoms with Crippen LogP contribution in [0.4, 0.5) is 4.39 Å². The molecule has 0 unspecified atom stereocenters. The van der Waals surface area contributed by atoms with Gasteiger partial charge in [-0.05, 0) is 50.5 Å². The maximum Gasteiger partial charge on any atom is 0.123 e. The van der Waals surface area contributed by atoms with Crippen molar-refractivity contribution in [2.75, 3.05) is 6.61 Å². The summed E-state index contributed by atoms with van der Waals surface area (Å²) >= 11 is 0. The van der Waals surface area contributed by atoms with E-state index in [4.69, 9.17) is 4.74 Å². The summed E-state index contributed by atoms with van der Waals surface area (Å²) in [4.78, 5) is 0. The van der Waals surface area contributed by atoms with Crippen LogP contribution in [0.15, 0.2) is 30.5 Å². The van der Waals surface area contributed by atoms with E-state index in [1.165, 1.54) is 29.8 Å². The first-order valence-electron chi connectivity index (χ1n) is 7.78. The number of aryl methyl sites for hydroxylation is 1. The first-order valence-corrected chi connectivity index (χ1v) is 7.78. The van der Waals surface area contributed by atoms with Gasteiger partial charge in [-0.1, -0.05) is 0 Å². The lowest BCUT2D eigenvalue weighted by Crippen LogP contribution is -2.36. The molecule has 1 aliphatic rings. The van der Waals surface area contributed by atoms with E-state index in [1.54, 1.807) is 12.1 Å². The maximum absolute atomic E-state index is 12.9. The molecule has 1 heterocycles. The number of halogens is 1. The number of rotatable bonds is 5. The number of fused-ring (bicyclic) bond motifs is 1. The van der Waals surface area contributed by atoms with Crippen LogP contribution in [0.3, 0.4) is 0 Å². The molecule has 2 atom stereocenters. The fourth-order valence-corrected chi connectivity index (χ4v) is 3.02. The van der Waals surface area contributed by atoms with E-state index in [9.17, 15) is 4.39 Å². The van der Waals surface area contributed by atoms with Gasteiger partial charge in [0.15, 0.2) is 0 Å². The molecular weight excluding hydrogens is 281 g/mol. The summed E-state index contributed by atoms with van der Waals surface area (Å²) in [5, 5.41) is 7.99. The molecule has 1 aromatic heterocycles. The van der Waals surface area contributed by atoms with E-state index in [0.29, 0.717) is 18.4 Å². The van der Waals surface area contributed by atoms with Gasteiger partial charge in [0.1, 0.15) is 18.2 Å². The molecule has 2 aromatic rings. The van der Waals surface area contributed by atoms with E-state index in [-0.39, 0.29) is 11.9 Å². The van der Waals surface area contributed by atoms with Crippen molar-refractivity contribution in [3.63, 3.8) is 0 Å². The summed E-state index contributed by atoms with van der Waals surface area (Å²) in [5.41, 5.74) is 2.64. The highest BCUT2D eigenvalue weighted by molar-refractivity contribution is 5.25. The van der Waals surface area contributed by atoms with Crippen molar-refractivity contribution in [3.8, 4) is 5.75 Å². The molecule has 0 saturated heterocycles. The third-order valence-corrected chi connectivity index (χ3v) is 4.18. The highest BCUT2D eigenvalue weighted by atomic mass is 19.1. The number of nitrogens with one attached hydrogen (secondary N) is 1. The van der Waals surface area contributed by atoms with Crippen molar-refractivity contribution in [2.45, 2.75) is 38.3 Å². The van der Waals surface area contributed by atoms with Gasteiger partial charge < -0.3 is 10.1 Å². The van der Waals surface area contributed by atoms with E-state index in [2.05, 4.69) is 17.3 Å². The van der Waals surface area contributed by atoms with Gasteiger partial charge in [0.05, 0.1) is 6.20 Å². The Hall–Kier alpha value is -1.88. The van der Waals surface area contributed by atoms with E-state index < -0.39 is 0 Å². The van der Waals surface area contributed by atoms with Crippen LogP contribution in [0.1, 0.15) is 37.1 Å². The van der Waals surface area contributed by atoms with Gasteiger partial charge in [-0.15, -0.1) is 0 Å². The molecule has 1 N–H and O–H groups in total. The standard InChI is InChI=1S/C17H22FN3O/c1-12(11-22-14-8-6-13(18)7-9-14)20-16-4-3-5-17-15(16)10-19-21(17)2/h6-10,12,16,20H,3-5,11H2,1-2H3/t12-,16+/m1/s1. The second-order valence-electron chi connectivity index (χ2n) is 5.95. The predicted octanol–water partition coefficient (Wildman–Crippen LogP) is 2.99. The molecule has 1 aromatic carbocycles. The fraction of sp³-hybridized carbons (Fsp3) is 0.471. The smallest absolute Gasteiger partial charge is 0.123 e. The number of nitrogens with zero attached hydrogens (tertiary/aromatic N) is 2. The minimum Gasteiger partial charge on any atom is -0.492 e. The van der Waals surface area contributed by atoms with Gasteiger partial charge in [0.2, 0.25) is 0 Å². The van der Waals surface area contributed by atoms with Crippen LogP contribution in [0.2, 0.25) is 0 Å². The van der Waals surface area contributed by atoms with Gasteiger partial charge >= 0.3 is 0 Å². The Kier molecular flexibility index (Phi) is 4.43. The molecular formula is C17H22FN3O. The third kappa shape index (κ3) is 3.30. The normalized spacial score (nSPS) is 18.8. The predicted molar refractivity (Wildman–Crippen MR) is 83.4 cm³/mol. The highest BCUT2D eigenvalue weighted by Gasteiger charge is 2.24. The lowest BCUT2D eigenvalue weighted by atomic mass is 9.92. The van der Waals surface area contributed by atoms with Crippen LogP contribution in [0.5, 0.6) is 5.75 Å². The molecule has 0 spiro atoms. The van der Waals surface area contributed by atoms with Crippen LogP contribution in [-0.2, 0) is 13.5 Å². The molecule has 0 amide bonds. The SMILES string of the molecule is C[C@H](COc1ccc(F)cc1)N[C@H]1CCCc2c1cnn2C. The van der Waals surface area contributed by atoms with E-state index in [1.807, 2.05) is 17.9 Å². The molecule has 22 heavy (non-hydrogen) atoms. The Morgan fingerprint density at radius 1 is 1.41 bits per heavy atom. The summed E-state index contributed by atoms with van der Waals surface area (Å²) in [6.45, 7) is 2.66. The van der Waals surface area contributed by atoms with Gasteiger partial charge in [-0.25, -0.2) is 4.39 Å². The fourth-order valence-electron chi connectivity index (χ4n) is 3.02. The topological polar surface area (TPSA) is 39.1 Å². The maximum atomic E-state index is 12.9. The Bertz CT molecular complexity index is 623. The summed E-state index contributed by atoms with van der Waals surface area (Å²) in [6.07, 6.45) is 5.37. The quantitative estimate of drug-likeness (QED) is 0.923. The monoisotopic (exact) mass is 303 g/mol. The molecule has 3 rings (SSSR count). The van der Waals surface area contributed by atoms with Crippen molar-refractivity contribution in [2.24, 2.45) is 7.05 Å². The molecule has 0 radical (unpaired) electrons. The summed E-state index contributed by atoms with van der Waals surface area (Å²) in [5.74, 6) is 0.450. The molecule has 118 valence electrons. The van der Waals surface area contributed by atoms with Gasteiger partial charge in [0.25, 0.3) is 0 Å². The first kappa shape index (κ1) is 15.0. The minimum absolute atomic E-state index is 0.209. The number of aromatic nitrogens is 2. The largest absolute Gasteiger partial charge is 0.492 e. The molecule has 0 saturated carbocycles. The first-order chi connectivity index (χ1) is 10.6. The van der Waals surface area contributed by atoms with Gasteiger partial charge in [0, 0.05) is 30.4 Å². The zero-order valence-electron chi connectivity index (χ0n) is 13.1. The Morgan fingerprint density at radius 2 is 2.18 bits per heavy atom. The van der Waals surface area contributed by atoms with Crippen molar-refractivity contribution >= 4 is 0 Å². The van der Waals surface area contributed by atoms with Crippen molar-refractivity contribution in [3.05, 3.63) is 47.5 Å². The summed E-state index contributed by atoms with van der Waals surface area (Å²) in [6, 6.07) is 6.68. The lowest BCUT2D eigenvalue weighted by molar-refractivity contribution is 0.255. The summed E-state index contributed by atoms with van der Waals surface area (Å²) < 4.78 is 20.5. The second kappa shape index (κ2) is 6.48. The Morgan fingerprint density at radius 3 is 2.95 bits per heavy atom. The van der Waals surface area contributed by atoms with E-state index >= 15 is 0 Å². The van der Waals surface area contributed by atoms with Gasteiger partial charge in [-0.3, -0.25) is 4.68 Å². The summed E-state index contributed by atoms with van der Waals surface area (Å²) in [7, 11) is 2.00. The van der Waals surface area contributed by atoms with Gasteiger partial charge in [-0.2, -0.15) is 5.10 Å². The minimum atomic E-state index is -0.246. The molecule has 5 heteroatoms.